The van der Waals surface area contributed by atoms with Gasteiger partial charge in [0.05, 0.1) is 12.3 Å². The summed E-state index contributed by atoms with van der Waals surface area (Å²) in [5, 5.41) is 3.06. The molecule has 1 aliphatic rings. The van der Waals surface area contributed by atoms with E-state index in [0.29, 0.717) is 25.9 Å². The number of aryl methyl sites for hydroxylation is 1. The van der Waals surface area contributed by atoms with Gasteiger partial charge in [-0.25, -0.2) is 17.7 Å². The number of carbonyl (C=O) groups is 1. The first-order valence-corrected chi connectivity index (χ1v) is 11.0. The smallest absolute Gasteiger partial charge is 0.223 e. The monoisotopic (exact) mass is 390 g/mol. The van der Waals surface area contributed by atoms with E-state index in [4.69, 9.17) is 0 Å². The molecule has 7 nitrogen and oxygen atoms in total. The summed E-state index contributed by atoms with van der Waals surface area (Å²) in [6, 6.07) is 7.93. The van der Waals surface area contributed by atoms with E-state index in [-0.39, 0.29) is 17.9 Å². The van der Waals surface area contributed by atoms with Crippen molar-refractivity contribution >= 4 is 15.9 Å². The third kappa shape index (κ3) is 4.56. The number of nitrogens with one attached hydrogen (secondary N) is 1. The molecule has 1 N–H and O–H groups in total. The maximum absolute atomic E-state index is 12.5. The van der Waals surface area contributed by atoms with Crippen LogP contribution in [0.1, 0.15) is 37.2 Å². The minimum Gasteiger partial charge on any atom is -0.349 e. The van der Waals surface area contributed by atoms with Gasteiger partial charge in [-0.1, -0.05) is 12.1 Å². The van der Waals surface area contributed by atoms with E-state index in [1.54, 1.807) is 6.20 Å². The molecule has 1 saturated heterocycles. The highest BCUT2D eigenvalue weighted by molar-refractivity contribution is 7.88. The number of carbonyl (C=O) groups excluding carboxylic acids is 1. The van der Waals surface area contributed by atoms with Crippen molar-refractivity contribution in [2.75, 3.05) is 19.3 Å². The highest BCUT2D eigenvalue weighted by atomic mass is 32.2. The summed E-state index contributed by atoms with van der Waals surface area (Å²) in [7, 11) is -3.17. The number of imidazole rings is 1. The molecule has 146 valence electrons. The molecule has 8 heteroatoms. The zero-order valence-electron chi connectivity index (χ0n) is 15.9. The molecule has 2 heterocycles. The van der Waals surface area contributed by atoms with Crippen LogP contribution in [0.2, 0.25) is 0 Å². The van der Waals surface area contributed by atoms with Gasteiger partial charge >= 0.3 is 0 Å². The lowest BCUT2D eigenvalue weighted by Gasteiger charge is -2.30. The van der Waals surface area contributed by atoms with Gasteiger partial charge in [-0.2, -0.15) is 0 Å². The van der Waals surface area contributed by atoms with Crippen molar-refractivity contribution in [2.45, 2.75) is 32.7 Å². The Hall–Kier alpha value is -2.19. The molecule has 1 aliphatic heterocycles. The maximum atomic E-state index is 12.5. The number of sulfonamides is 1. The van der Waals surface area contributed by atoms with Crippen LogP contribution in [0.15, 0.2) is 36.7 Å². The first-order valence-electron chi connectivity index (χ1n) is 9.11. The molecule has 0 bridgehead atoms. The Morgan fingerprint density at radius 2 is 1.85 bits per heavy atom. The molecule has 2 aromatic rings. The topological polar surface area (TPSA) is 84.3 Å². The standard InChI is InChI=1S/C19H26N4O3S/c1-14(16-4-6-18(7-5-16)23-13-10-20-15(23)2)21-19(24)17-8-11-22(12-9-17)27(3,25)26/h4-7,10,13-14,17H,8-9,11-12H2,1-3H3,(H,21,24). The molecule has 1 amide bonds. The fourth-order valence-corrected chi connectivity index (χ4v) is 4.31. The minimum atomic E-state index is -3.17. The average Bonchev–Trinajstić information content (AvgIpc) is 3.07. The van der Waals surface area contributed by atoms with E-state index in [1.165, 1.54) is 10.6 Å². The number of benzene rings is 1. The van der Waals surface area contributed by atoms with E-state index in [2.05, 4.69) is 10.3 Å². The largest absolute Gasteiger partial charge is 0.349 e. The molecule has 0 radical (unpaired) electrons. The highest BCUT2D eigenvalue weighted by Gasteiger charge is 2.29. The van der Waals surface area contributed by atoms with Crippen molar-refractivity contribution in [3.63, 3.8) is 0 Å². The highest BCUT2D eigenvalue weighted by Crippen LogP contribution is 2.22. The molecule has 1 unspecified atom stereocenters. The van der Waals surface area contributed by atoms with Crippen molar-refractivity contribution in [3.8, 4) is 5.69 Å². The number of nitrogens with zero attached hydrogens (tertiary/aromatic N) is 3. The second-order valence-corrected chi connectivity index (χ2v) is 9.09. The Morgan fingerprint density at radius 3 is 2.37 bits per heavy atom. The van der Waals surface area contributed by atoms with Crippen LogP contribution in [0.4, 0.5) is 0 Å². The summed E-state index contributed by atoms with van der Waals surface area (Å²) in [6.45, 7) is 4.72. The molecule has 0 spiro atoms. The molecule has 0 aliphatic carbocycles. The molecule has 1 fully saturated rings. The third-order valence-corrected chi connectivity index (χ3v) is 6.45. The van der Waals surface area contributed by atoms with Crippen molar-refractivity contribution < 1.29 is 13.2 Å². The number of rotatable bonds is 5. The van der Waals surface area contributed by atoms with Crippen LogP contribution in [-0.2, 0) is 14.8 Å². The van der Waals surface area contributed by atoms with Gasteiger partial charge in [-0.05, 0) is 44.4 Å². The summed E-state index contributed by atoms with van der Waals surface area (Å²) in [5.74, 6) is 0.771. The lowest BCUT2D eigenvalue weighted by molar-refractivity contribution is -0.126. The number of hydrogen-bond acceptors (Lipinski definition) is 4. The molecule has 1 atom stereocenters. The lowest BCUT2D eigenvalue weighted by atomic mass is 9.96. The molecule has 1 aromatic carbocycles. The first kappa shape index (κ1) is 19.6. The average molecular weight is 391 g/mol. The van der Waals surface area contributed by atoms with Gasteiger partial charge < -0.3 is 9.88 Å². The summed E-state index contributed by atoms with van der Waals surface area (Å²) in [4.78, 5) is 16.8. The van der Waals surface area contributed by atoms with Crippen LogP contribution in [-0.4, -0.2) is 47.5 Å². The van der Waals surface area contributed by atoms with Gasteiger partial charge in [0.1, 0.15) is 5.82 Å². The van der Waals surface area contributed by atoms with E-state index >= 15 is 0 Å². The third-order valence-electron chi connectivity index (χ3n) is 5.15. The maximum Gasteiger partial charge on any atom is 0.223 e. The van der Waals surface area contributed by atoms with Gasteiger partial charge in [0, 0.05) is 37.1 Å². The Balaban J connectivity index is 1.58. The summed E-state index contributed by atoms with van der Waals surface area (Å²) in [6.07, 6.45) is 6.01. The quantitative estimate of drug-likeness (QED) is 0.847. The van der Waals surface area contributed by atoms with Crippen molar-refractivity contribution in [1.82, 2.24) is 19.2 Å². The van der Waals surface area contributed by atoms with Crippen molar-refractivity contribution in [1.29, 1.82) is 0 Å². The van der Waals surface area contributed by atoms with Gasteiger partial charge in [0.15, 0.2) is 0 Å². The number of aromatic nitrogens is 2. The molecule has 3 rings (SSSR count). The SMILES string of the molecule is Cc1nccn1-c1ccc(C(C)NC(=O)C2CCN(S(C)(=O)=O)CC2)cc1. The van der Waals surface area contributed by atoms with E-state index < -0.39 is 10.0 Å². The van der Waals surface area contributed by atoms with Gasteiger partial charge in [0.25, 0.3) is 0 Å². The van der Waals surface area contributed by atoms with Gasteiger partial charge in [-0.15, -0.1) is 0 Å². The number of piperidine rings is 1. The predicted octanol–water partition coefficient (Wildman–Crippen LogP) is 2.03. The van der Waals surface area contributed by atoms with Crippen LogP contribution in [0.3, 0.4) is 0 Å². The normalized spacial score (nSPS) is 17.6. The Kier molecular flexibility index (Phi) is 5.67. The number of amides is 1. The first-order chi connectivity index (χ1) is 12.8. The van der Waals surface area contributed by atoms with Crippen molar-refractivity contribution in [3.05, 3.63) is 48.0 Å². The molecule has 0 saturated carbocycles. The van der Waals surface area contributed by atoms with Gasteiger partial charge in [-0.3, -0.25) is 4.79 Å². The van der Waals surface area contributed by atoms with Crippen LogP contribution in [0, 0.1) is 12.8 Å². The Morgan fingerprint density at radius 1 is 1.22 bits per heavy atom. The Bertz CT molecular complexity index is 897. The molecular weight excluding hydrogens is 364 g/mol. The molecular formula is C19H26N4O3S. The predicted molar refractivity (Wildman–Crippen MR) is 104 cm³/mol. The summed E-state index contributed by atoms with van der Waals surface area (Å²) in [5.41, 5.74) is 2.05. The molecule has 1 aromatic heterocycles. The summed E-state index contributed by atoms with van der Waals surface area (Å²) >= 11 is 0. The van der Waals surface area contributed by atoms with Crippen molar-refractivity contribution in [2.24, 2.45) is 5.92 Å². The number of hydrogen-bond donors (Lipinski definition) is 1. The van der Waals surface area contributed by atoms with Crippen LogP contribution in [0.5, 0.6) is 0 Å². The van der Waals surface area contributed by atoms with Crippen LogP contribution >= 0.6 is 0 Å². The molecule has 27 heavy (non-hydrogen) atoms. The second kappa shape index (κ2) is 7.82. The fraction of sp³-hybridized carbons (Fsp3) is 0.474. The Labute approximate surface area is 160 Å². The van der Waals surface area contributed by atoms with Crippen LogP contribution < -0.4 is 5.32 Å². The van der Waals surface area contributed by atoms with E-state index in [9.17, 15) is 13.2 Å². The van der Waals surface area contributed by atoms with E-state index in [1.807, 2.05) is 48.9 Å². The summed E-state index contributed by atoms with van der Waals surface area (Å²) < 4.78 is 26.6. The van der Waals surface area contributed by atoms with Crippen LogP contribution in [0.25, 0.3) is 5.69 Å². The zero-order chi connectivity index (χ0) is 19.6. The minimum absolute atomic E-state index is 0.00909. The van der Waals surface area contributed by atoms with E-state index in [0.717, 1.165) is 17.1 Å². The second-order valence-electron chi connectivity index (χ2n) is 7.10. The zero-order valence-corrected chi connectivity index (χ0v) is 16.7. The van der Waals surface area contributed by atoms with Gasteiger partial charge in [0.2, 0.25) is 15.9 Å². The lowest BCUT2D eigenvalue weighted by Crippen LogP contribution is -2.43. The fourth-order valence-electron chi connectivity index (χ4n) is 3.44.